The van der Waals surface area contributed by atoms with Crippen LogP contribution in [-0.4, -0.2) is 27.3 Å². The molecule has 4 nitrogen and oxygen atoms in total. The molecule has 3 heterocycles. The maximum absolute atomic E-state index is 12.9. The highest BCUT2D eigenvalue weighted by Crippen LogP contribution is 2.26. The first-order chi connectivity index (χ1) is 12.7. The zero-order valence-corrected chi connectivity index (χ0v) is 16.0. The number of fused-ring (bicyclic) bond motifs is 1. The Morgan fingerprint density at radius 1 is 1.15 bits per heavy atom. The summed E-state index contributed by atoms with van der Waals surface area (Å²) in [6.45, 7) is 4.40. The van der Waals surface area contributed by atoms with Crippen LogP contribution in [0, 0.1) is 0 Å². The number of aromatic amines is 1. The standard InChI is InChI=1S/C21H25N3OS/c1-2-16-14-22-18(13-20(16)24-10-6-3-7-11-24)15-26(25)21-12-17-8-4-5-9-19(17)23-21/h4-5,8-9,12-14,23H,2-3,6-7,10-11,15H2,1H3. The smallest absolute Gasteiger partial charge is 0.105 e. The van der Waals surface area contributed by atoms with Crippen molar-refractivity contribution < 1.29 is 4.21 Å². The third-order valence-corrected chi connectivity index (χ3v) is 6.39. The van der Waals surface area contributed by atoms with E-state index in [9.17, 15) is 4.21 Å². The van der Waals surface area contributed by atoms with Gasteiger partial charge in [0.15, 0.2) is 0 Å². The second-order valence-corrected chi connectivity index (χ2v) is 8.34. The van der Waals surface area contributed by atoms with E-state index in [0.29, 0.717) is 5.75 Å². The van der Waals surface area contributed by atoms with Crippen LogP contribution in [0.5, 0.6) is 0 Å². The Labute approximate surface area is 157 Å². The molecule has 4 rings (SSSR count). The number of aryl methyl sites for hydroxylation is 1. The van der Waals surface area contributed by atoms with Gasteiger partial charge < -0.3 is 9.88 Å². The van der Waals surface area contributed by atoms with E-state index in [4.69, 9.17) is 0 Å². The number of rotatable bonds is 5. The number of anilines is 1. The number of hydrogen-bond donors (Lipinski definition) is 1. The minimum Gasteiger partial charge on any atom is -0.371 e. The van der Waals surface area contributed by atoms with Crippen molar-refractivity contribution in [2.75, 3.05) is 18.0 Å². The van der Waals surface area contributed by atoms with Crippen LogP contribution in [-0.2, 0) is 23.0 Å². The fourth-order valence-corrected chi connectivity index (χ4v) is 4.74. The molecule has 2 aromatic heterocycles. The lowest BCUT2D eigenvalue weighted by atomic mass is 10.1. The first-order valence-electron chi connectivity index (χ1n) is 9.43. The lowest BCUT2D eigenvalue weighted by Crippen LogP contribution is -2.30. The van der Waals surface area contributed by atoms with Gasteiger partial charge >= 0.3 is 0 Å². The number of benzene rings is 1. The Kier molecular flexibility index (Phi) is 5.07. The summed E-state index contributed by atoms with van der Waals surface area (Å²) in [6, 6.07) is 12.2. The summed E-state index contributed by atoms with van der Waals surface area (Å²) in [6.07, 6.45) is 6.77. The van der Waals surface area contributed by atoms with Crippen molar-refractivity contribution in [2.24, 2.45) is 0 Å². The van der Waals surface area contributed by atoms with Gasteiger partial charge in [-0.2, -0.15) is 0 Å². The molecule has 3 aromatic rings. The first-order valence-corrected chi connectivity index (χ1v) is 10.8. The summed E-state index contributed by atoms with van der Waals surface area (Å²) in [7, 11) is -1.13. The van der Waals surface area contributed by atoms with Gasteiger partial charge in [0.05, 0.1) is 22.2 Å². The second kappa shape index (κ2) is 7.62. The van der Waals surface area contributed by atoms with Crippen LogP contribution >= 0.6 is 0 Å². The van der Waals surface area contributed by atoms with Gasteiger partial charge in [0, 0.05) is 35.9 Å². The van der Waals surface area contributed by atoms with E-state index < -0.39 is 10.8 Å². The largest absolute Gasteiger partial charge is 0.371 e. The molecular formula is C21H25N3OS. The number of para-hydroxylation sites is 1. The minimum atomic E-state index is -1.13. The van der Waals surface area contributed by atoms with Crippen LogP contribution in [0.4, 0.5) is 5.69 Å². The maximum atomic E-state index is 12.9. The van der Waals surface area contributed by atoms with Crippen molar-refractivity contribution >= 4 is 27.4 Å². The first kappa shape index (κ1) is 17.3. The molecule has 1 atom stereocenters. The predicted molar refractivity (Wildman–Crippen MR) is 108 cm³/mol. The summed E-state index contributed by atoms with van der Waals surface area (Å²) in [5.41, 5.74) is 4.50. The molecule has 136 valence electrons. The predicted octanol–water partition coefficient (Wildman–Crippen LogP) is 4.42. The summed E-state index contributed by atoms with van der Waals surface area (Å²) in [5.74, 6) is 0.442. The molecule has 26 heavy (non-hydrogen) atoms. The molecule has 1 fully saturated rings. The third-order valence-electron chi connectivity index (χ3n) is 5.13. The highest BCUT2D eigenvalue weighted by atomic mass is 32.2. The van der Waals surface area contributed by atoms with E-state index in [1.54, 1.807) is 0 Å². The molecule has 0 spiro atoms. The Morgan fingerprint density at radius 3 is 2.73 bits per heavy atom. The highest BCUT2D eigenvalue weighted by Gasteiger charge is 2.16. The Balaban J connectivity index is 1.58. The normalized spacial score (nSPS) is 16.1. The van der Waals surface area contributed by atoms with E-state index in [1.165, 1.54) is 30.5 Å². The fraction of sp³-hybridized carbons (Fsp3) is 0.381. The van der Waals surface area contributed by atoms with Gasteiger partial charge in [-0.15, -0.1) is 0 Å². The van der Waals surface area contributed by atoms with E-state index >= 15 is 0 Å². The molecular weight excluding hydrogens is 342 g/mol. The van der Waals surface area contributed by atoms with Crippen molar-refractivity contribution in [3.8, 4) is 0 Å². The Hall–Kier alpha value is -2.14. The van der Waals surface area contributed by atoms with E-state index in [-0.39, 0.29) is 0 Å². The summed E-state index contributed by atoms with van der Waals surface area (Å²) in [4.78, 5) is 10.3. The fourth-order valence-electron chi connectivity index (χ4n) is 3.68. The van der Waals surface area contributed by atoms with Gasteiger partial charge in [-0.25, -0.2) is 0 Å². The van der Waals surface area contributed by atoms with Gasteiger partial charge in [-0.3, -0.25) is 9.19 Å². The molecule has 1 unspecified atom stereocenters. The lowest BCUT2D eigenvalue weighted by Gasteiger charge is -2.30. The molecule has 1 saturated heterocycles. The Morgan fingerprint density at radius 2 is 1.96 bits per heavy atom. The number of piperidine rings is 1. The molecule has 1 aromatic carbocycles. The monoisotopic (exact) mass is 367 g/mol. The molecule has 0 aliphatic carbocycles. The van der Waals surface area contributed by atoms with E-state index in [2.05, 4.69) is 27.9 Å². The van der Waals surface area contributed by atoms with Crippen LogP contribution in [0.3, 0.4) is 0 Å². The topological polar surface area (TPSA) is 49.0 Å². The SMILES string of the molecule is CCc1cnc(CS(=O)c2cc3ccccc3[nH]2)cc1N1CCCCC1. The molecule has 0 radical (unpaired) electrons. The molecule has 1 aliphatic heterocycles. The van der Waals surface area contributed by atoms with Crippen molar-refractivity contribution in [3.05, 3.63) is 53.9 Å². The molecule has 0 amide bonds. The summed E-state index contributed by atoms with van der Waals surface area (Å²) in [5, 5.41) is 1.87. The highest BCUT2D eigenvalue weighted by molar-refractivity contribution is 7.84. The van der Waals surface area contributed by atoms with Crippen molar-refractivity contribution in [3.63, 3.8) is 0 Å². The number of H-pyrrole nitrogens is 1. The Bertz CT molecular complexity index is 895. The van der Waals surface area contributed by atoms with Gasteiger partial charge in [-0.05, 0) is 49.4 Å². The molecule has 0 bridgehead atoms. The molecule has 5 heteroatoms. The zero-order chi connectivity index (χ0) is 17.9. The molecule has 1 aliphatic rings. The number of nitrogens with zero attached hydrogens (tertiary/aromatic N) is 2. The van der Waals surface area contributed by atoms with Crippen LogP contribution in [0.2, 0.25) is 0 Å². The average Bonchev–Trinajstić information content (AvgIpc) is 3.13. The summed E-state index contributed by atoms with van der Waals surface area (Å²) >= 11 is 0. The van der Waals surface area contributed by atoms with Crippen LogP contribution in [0.15, 0.2) is 47.6 Å². The number of nitrogens with one attached hydrogen (secondary N) is 1. The van der Waals surface area contributed by atoms with E-state index in [1.807, 2.05) is 36.5 Å². The van der Waals surface area contributed by atoms with Crippen molar-refractivity contribution in [1.82, 2.24) is 9.97 Å². The minimum absolute atomic E-state index is 0.442. The van der Waals surface area contributed by atoms with Crippen LogP contribution < -0.4 is 4.90 Å². The zero-order valence-electron chi connectivity index (χ0n) is 15.2. The van der Waals surface area contributed by atoms with Crippen molar-refractivity contribution in [1.29, 1.82) is 0 Å². The number of aromatic nitrogens is 2. The van der Waals surface area contributed by atoms with Gasteiger partial charge in [0.2, 0.25) is 0 Å². The maximum Gasteiger partial charge on any atom is 0.105 e. The summed E-state index contributed by atoms with van der Waals surface area (Å²) < 4.78 is 12.9. The van der Waals surface area contributed by atoms with Crippen LogP contribution in [0.1, 0.15) is 37.4 Å². The molecule has 1 N–H and O–H groups in total. The quantitative estimate of drug-likeness (QED) is 0.726. The second-order valence-electron chi connectivity index (χ2n) is 6.92. The van der Waals surface area contributed by atoms with E-state index in [0.717, 1.165) is 41.1 Å². The number of pyridine rings is 1. The average molecular weight is 368 g/mol. The van der Waals surface area contributed by atoms with Gasteiger partial charge in [0.1, 0.15) is 5.03 Å². The van der Waals surface area contributed by atoms with Crippen LogP contribution in [0.25, 0.3) is 10.9 Å². The van der Waals surface area contributed by atoms with Crippen molar-refractivity contribution in [2.45, 2.75) is 43.4 Å². The van der Waals surface area contributed by atoms with Gasteiger partial charge in [0.25, 0.3) is 0 Å². The number of hydrogen-bond acceptors (Lipinski definition) is 3. The lowest BCUT2D eigenvalue weighted by molar-refractivity contribution is 0.576. The molecule has 0 saturated carbocycles. The third kappa shape index (κ3) is 3.54. The van der Waals surface area contributed by atoms with Gasteiger partial charge in [-0.1, -0.05) is 25.1 Å².